The lowest BCUT2D eigenvalue weighted by Crippen LogP contribution is -2.01. The number of anilines is 1. The summed E-state index contributed by atoms with van der Waals surface area (Å²) >= 11 is 5.60. The number of rotatable bonds is 7. The van der Waals surface area contributed by atoms with Gasteiger partial charge < -0.3 is 5.11 Å². The second kappa shape index (κ2) is 7.60. The van der Waals surface area contributed by atoms with E-state index in [1.165, 1.54) is 0 Å². The SMILES string of the molecule is CC(CCCCC(=O)O)=NNc1ccc(Cl)nn1. The lowest BCUT2D eigenvalue weighted by atomic mass is 10.1. The summed E-state index contributed by atoms with van der Waals surface area (Å²) < 4.78 is 0. The molecule has 0 unspecified atom stereocenters. The van der Waals surface area contributed by atoms with Crippen molar-refractivity contribution in [3.8, 4) is 0 Å². The van der Waals surface area contributed by atoms with Crippen LogP contribution in [0.3, 0.4) is 0 Å². The highest BCUT2D eigenvalue weighted by atomic mass is 35.5. The highest BCUT2D eigenvalue weighted by Gasteiger charge is 1.98. The van der Waals surface area contributed by atoms with Gasteiger partial charge in [-0.05, 0) is 38.3 Å². The third kappa shape index (κ3) is 6.15. The molecular formula is C11H15ClN4O2. The molecule has 0 aliphatic rings. The summed E-state index contributed by atoms with van der Waals surface area (Å²) in [5, 5.41) is 20.4. The molecule has 1 aromatic rings. The second-order valence-corrected chi connectivity index (χ2v) is 4.19. The van der Waals surface area contributed by atoms with E-state index >= 15 is 0 Å². The first-order valence-electron chi connectivity index (χ1n) is 5.58. The summed E-state index contributed by atoms with van der Waals surface area (Å²) in [6, 6.07) is 3.30. The predicted molar refractivity (Wildman–Crippen MR) is 69.9 cm³/mol. The molecule has 98 valence electrons. The van der Waals surface area contributed by atoms with E-state index in [9.17, 15) is 4.79 Å². The summed E-state index contributed by atoms with van der Waals surface area (Å²) in [5.41, 5.74) is 3.65. The smallest absolute Gasteiger partial charge is 0.303 e. The van der Waals surface area contributed by atoms with Crippen molar-refractivity contribution in [2.24, 2.45) is 5.10 Å². The topological polar surface area (TPSA) is 87.5 Å². The monoisotopic (exact) mass is 270 g/mol. The van der Waals surface area contributed by atoms with Crippen molar-refractivity contribution in [1.82, 2.24) is 10.2 Å². The Morgan fingerprint density at radius 3 is 2.72 bits per heavy atom. The summed E-state index contributed by atoms with van der Waals surface area (Å²) in [7, 11) is 0. The zero-order valence-electron chi connectivity index (χ0n) is 10.1. The van der Waals surface area contributed by atoms with Crippen LogP contribution in [0, 0.1) is 0 Å². The molecule has 1 aromatic heterocycles. The van der Waals surface area contributed by atoms with E-state index in [4.69, 9.17) is 16.7 Å². The molecule has 0 atom stereocenters. The maximum Gasteiger partial charge on any atom is 0.303 e. The second-order valence-electron chi connectivity index (χ2n) is 3.80. The normalized spacial score (nSPS) is 11.3. The molecule has 1 rings (SSSR count). The fourth-order valence-electron chi connectivity index (χ4n) is 1.24. The Balaban J connectivity index is 2.28. The first-order valence-corrected chi connectivity index (χ1v) is 5.96. The number of aliphatic carboxylic acids is 1. The number of halogens is 1. The first kappa shape index (κ1) is 14.4. The number of nitrogens with zero attached hydrogens (tertiary/aromatic N) is 3. The molecule has 18 heavy (non-hydrogen) atoms. The maximum atomic E-state index is 10.3. The standard InChI is InChI=1S/C11H15ClN4O2/c1-8(4-2-3-5-11(17)18)13-15-10-7-6-9(12)14-16-10/h6-7H,2-5H2,1H3,(H,15,16)(H,17,18). The minimum absolute atomic E-state index is 0.198. The van der Waals surface area contributed by atoms with E-state index in [-0.39, 0.29) is 6.42 Å². The maximum absolute atomic E-state index is 10.3. The van der Waals surface area contributed by atoms with Crippen molar-refractivity contribution in [3.05, 3.63) is 17.3 Å². The lowest BCUT2D eigenvalue weighted by Gasteiger charge is -2.01. The number of nitrogens with one attached hydrogen (secondary N) is 1. The van der Waals surface area contributed by atoms with Crippen LogP contribution >= 0.6 is 11.6 Å². The summed E-state index contributed by atoms with van der Waals surface area (Å²) in [6.07, 6.45) is 2.41. The van der Waals surface area contributed by atoms with Crippen molar-refractivity contribution in [2.75, 3.05) is 5.43 Å². The zero-order valence-corrected chi connectivity index (χ0v) is 10.8. The van der Waals surface area contributed by atoms with Crippen molar-refractivity contribution < 1.29 is 9.90 Å². The molecule has 0 saturated heterocycles. The van der Waals surface area contributed by atoms with E-state index in [2.05, 4.69) is 20.7 Å². The zero-order chi connectivity index (χ0) is 13.4. The fraction of sp³-hybridized carbons (Fsp3) is 0.455. The van der Waals surface area contributed by atoms with E-state index in [0.29, 0.717) is 17.4 Å². The molecule has 7 heteroatoms. The molecule has 2 N–H and O–H groups in total. The molecule has 0 saturated carbocycles. The van der Waals surface area contributed by atoms with Gasteiger partial charge in [0, 0.05) is 12.1 Å². The number of aromatic nitrogens is 2. The number of hydrogen-bond donors (Lipinski definition) is 2. The molecule has 0 amide bonds. The van der Waals surface area contributed by atoms with Gasteiger partial charge in [0.2, 0.25) is 0 Å². The molecular weight excluding hydrogens is 256 g/mol. The van der Waals surface area contributed by atoms with Crippen LogP contribution < -0.4 is 5.43 Å². The fourth-order valence-corrected chi connectivity index (χ4v) is 1.34. The molecule has 0 bridgehead atoms. The Labute approximate surface area is 110 Å². The van der Waals surface area contributed by atoms with E-state index in [0.717, 1.165) is 18.6 Å². The molecule has 1 heterocycles. The average Bonchev–Trinajstić information content (AvgIpc) is 2.34. The van der Waals surface area contributed by atoms with Gasteiger partial charge in [0.1, 0.15) is 0 Å². The van der Waals surface area contributed by atoms with Crippen LogP contribution in [0.4, 0.5) is 5.82 Å². The number of hydrazone groups is 1. The van der Waals surface area contributed by atoms with E-state index in [1.807, 2.05) is 6.92 Å². The predicted octanol–water partition coefficient (Wildman–Crippen LogP) is 2.56. The molecule has 6 nitrogen and oxygen atoms in total. The lowest BCUT2D eigenvalue weighted by molar-refractivity contribution is -0.137. The van der Waals surface area contributed by atoms with Crippen LogP contribution in [0.2, 0.25) is 5.15 Å². The quantitative estimate of drug-likeness (QED) is 0.452. The number of unbranched alkanes of at least 4 members (excludes halogenated alkanes) is 1. The van der Waals surface area contributed by atoms with Gasteiger partial charge in [0.05, 0.1) is 0 Å². The summed E-state index contributed by atoms with van der Waals surface area (Å²) in [5.74, 6) is -0.247. The van der Waals surface area contributed by atoms with E-state index in [1.54, 1.807) is 12.1 Å². The van der Waals surface area contributed by atoms with Crippen molar-refractivity contribution in [2.45, 2.75) is 32.6 Å². The molecule has 0 fully saturated rings. The Bertz CT molecular complexity index is 420. The molecule has 0 radical (unpaired) electrons. The Kier molecular flexibility index (Phi) is 6.07. The van der Waals surface area contributed by atoms with Crippen LogP contribution in [0.5, 0.6) is 0 Å². The summed E-state index contributed by atoms with van der Waals surface area (Å²) in [6.45, 7) is 1.87. The molecule has 0 spiro atoms. The minimum Gasteiger partial charge on any atom is -0.481 e. The van der Waals surface area contributed by atoms with Gasteiger partial charge in [-0.2, -0.15) is 5.10 Å². The number of carbonyl (C=O) groups is 1. The van der Waals surface area contributed by atoms with Gasteiger partial charge in [0.25, 0.3) is 0 Å². The van der Waals surface area contributed by atoms with Crippen molar-refractivity contribution >= 4 is 29.1 Å². The number of carboxylic acids is 1. The van der Waals surface area contributed by atoms with Crippen LogP contribution in [-0.4, -0.2) is 27.0 Å². The molecule has 0 aromatic carbocycles. The first-order chi connectivity index (χ1) is 8.58. The van der Waals surface area contributed by atoms with Gasteiger partial charge in [0.15, 0.2) is 11.0 Å². The Morgan fingerprint density at radius 1 is 1.39 bits per heavy atom. The largest absolute Gasteiger partial charge is 0.481 e. The third-order valence-electron chi connectivity index (χ3n) is 2.17. The highest BCUT2D eigenvalue weighted by molar-refractivity contribution is 6.29. The van der Waals surface area contributed by atoms with Gasteiger partial charge >= 0.3 is 5.97 Å². The van der Waals surface area contributed by atoms with Crippen molar-refractivity contribution in [3.63, 3.8) is 0 Å². The van der Waals surface area contributed by atoms with E-state index < -0.39 is 5.97 Å². The third-order valence-corrected chi connectivity index (χ3v) is 2.37. The van der Waals surface area contributed by atoms with Crippen LogP contribution in [0.1, 0.15) is 32.6 Å². The van der Waals surface area contributed by atoms with Gasteiger partial charge in [-0.3, -0.25) is 10.2 Å². The summed E-state index contributed by atoms with van der Waals surface area (Å²) in [4.78, 5) is 10.3. The average molecular weight is 271 g/mol. The number of carboxylic acid groups (broad SMARTS) is 1. The van der Waals surface area contributed by atoms with Gasteiger partial charge in [-0.1, -0.05) is 11.6 Å². The molecule has 0 aliphatic carbocycles. The van der Waals surface area contributed by atoms with Crippen LogP contribution in [-0.2, 0) is 4.79 Å². The van der Waals surface area contributed by atoms with Gasteiger partial charge in [-0.25, -0.2) is 0 Å². The minimum atomic E-state index is -0.765. The Hall–Kier alpha value is -1.69. The Morgan fingerprint density at radius 2 is 2.11 bits per heavy atom. The highest BCUT2D eigenvalue weighted by Crippen LogP contribution is 2.06. The van der Waals surface area contributed by atoms with Gasteiger partial charge in [-0.15, -0.1) is 10.2 Å². The van der Waals surface area contributed by atoms with Crippen LogP contribution in [0.15, 0.2) is 17.2 Å². The number of hydrogen-bond acceptors (Lipinski definition) is 5. The molecule has 0 aliphatic heterocycles. The van der Waals surface area contributed by atoms with Crippen molar-refractivity contribution in [1.29, 1.82) is 0 Å². The van der Waals surface area contributed by atoms with Crippen LogP contribution in [0.25, 0.3) is 0 Å².